The van der Waals surface area contributed by atoms with E-state index in [9.17, 15) is 9.90 Å². The number of halogens is 1. The second kappa shape index (κ2) is 6.61. The zero-order chi connectivity index (χ0) is 12.8. The SMILES string of the molecule is CCNC(=O)COc1cc(Br)ccc1C(C)O. The van der Waals surface area contributed by atoms with Gasteiger partial charge in [0.25, 0.3) is 5.91 Å². The van der Waals surface area contributed by atoms with Crippen LogP contribution in [0.2, 0.25) is 0 Å². The molecule has 1 rings (SSSR count). The van der Waals surface area contributed by atoms with Gasteiger partial charge in [0.2, 0.25) is 0 Å². The second-order valence-electron chi connectivity index (χ2n) is 3.60. The lowest BCUT2D eigenvalue weighted by Gasteiger charge is -2.13. The van der Waals surface area contributed by atoms with Crippen LogP contribution in [0.25, 0.3) is 0 Å². The Morgan fingerprint density at radius 2 is 2.29 bits per heavy atom. The largest absolute Gasteiger partial charge is 0.483 e. The van der Waals surface area contributed by atoms with Gasteiger partial charge in [-0.15, -0.1) is 0 Å². The monoisotopic (exact) mass is 301 g/mol. The molecular formula is C12H16BrNO3. The number of hydrogen-bond acceptors (Lipinski definition) is 3. The van der Waals surface area contributed by atoms with Crippen LogP contribution in [0.4, 0.5) is 0 Å². The first-order valence-electron chi connectivity index (χ1n) is 5.41. The Bertz CT molecular complexity index is 393. The minimum Gasteiger partial charge on any atom is -0.483 e. The number of carbonyl (C=O) groups excluding carboxylic acids is 1. The van der Waals surface area contributed by atoms with Gasteiger partial charge in [-0.05, 0) is 26.0 Å². The topological polar surface area (TPSA) is 58.6 Å². The molecule has 1 aromatic rings. The zero-order valence-corrected chi connectivity index (χ0v) is 11.5. The van der Waals surface area contributed by atoms with E-state index in [2.05, 4.69) is 21.2 Å². The normalized spacial score (nSPS) is 12.0. The van der Waals surface area contributed by atoms with E-state index < -0.39 is 6.10 Å². The van der Waals surface area contributed by atoms with Crippen LogP contribution in [0.1, 0.15) is 25.5 Å². The molecule has 1 unspecified atom stereocenters. The van der Waals surface area contributed by atoms with E-state index in [-0.39, 0.29) is 12.5 Å². The van der Waals surface area contributed by atoms with Gasteiger partial charge in [0, 0.05) is 16.6 Å². The third-order valence-corrected chi connectivity index (χ3v) is 2.65. The van der Waals surface area contributed by atoms with Crippen LogP contribution in [0.15, 0.2) is 22.7 Å². The molecule has 0 spiro atoms. The molecule has 0 aliphatic rings. The van der Waals surface area contributed by atoms with E-state index >= 15 is 0 Å². The summed E-state index contributed by atoms with van der Waals surface area (Å²) in [5.74, 6) is 0.338. The Hall–Kier alpha value is -1.07. The van der Waals surface area contributed by atoms with Crippen LogP contribution in [-0.2, 0) is 4.79 Å². The molecule has 17 heavy (non-hydrogen) atoms. The van der Waals surface area contributed by atoms with Crippen molar-refractivity contribution in [2.75, 3.05) is 13.2 Å². The highest BCUT2D eigenvalue weighted by atomic mass is 79.9. The van der Waals surface area contributed by atoms with Gasteiger partial charge in [0.15, 0.2) is 6.61 Å². The number of benzene rings is 1. The molecule has 0 bridgehead atoms. The van der Waals surface area contributed by atoms with Gasteiger partial charge in [0.1, 0.15) is 5.75 Å². The standard InChI is InChI=1S/C12H16BrNO3/c1-3-14-12(16)7-17-11-6-9(13)4-5-10(11)8(2)15/h4-6,8,15H,3,7H2,1-2H3,(H,14,16). The average molecular weight is 302 g/mol. The number of ether oxygens (including phenoxy) is 1. The molecule has 1 amide bonds. The van der Waals surface area contributed by atoms with E-state index in [4.69, 9.17) is 4.74 Å². The maximum Gasteiger partial charge on any atom is 0.257 e. The van der Waals surface area contributed by atoms with E-state index in [1.54, 1.807) is 19.1 Å². The van der Waals surface area contributed by atoms with E-state index in [1.807, 2.05) is 13.0 Å². The summed E-state index contributed by atoms with van der Waals surface area (Å²) in [6.45, 7) is 4.02. The minimum absolute atomic E-state index is 0.0516. The lowest BCUT2D eigenvalue weighted by atomic mass is 10.1. The minimum atomic E-state index is -0.632. The molecule has 2 N–H and O–H groups in total. The van der Waals surface area contributed by atoms with Crippen LogP contribution in [0, 0.1) is 0 Å². The van der Waals surface area contributed by atoms with Crippen molar-refractivity contribution < 1.29 is 14.6 Å². The summed E-state index contributed by atoms with van der Waals surface area (Å²) in [6.07, 6.45) is -0.632. The highest BCUT2D eigenvalue weighted by molar-refractivity contribution is 9.10. The molecule has 0 aliphatic carbocycles. The Labute approximate surface area is 109 Å². The number of aliphatic hydroxyl groups excluding tert-OH is 1. The number of aliphatic hydroxyl groups is 1. The molecule has 0 fully saturated rings. The second-order valence-corrected chi connectivity index (χ2v) is 4.52. The van der Waals surface area contributed by atoms with Crippen LogP contribution in [0.3, 0.4) is 0 Å². The van der Waals surface area contributed by atoms with Crippen molar-refractivity contribution >= 4 is 21.8 Å². The fourth-order valence-corrected chi connectivity index (χ4v) is 1.71. The van der Waals surface area contributed by atoms with Crippen molar-refractivity contribution in [2.24, 2.45) is 0 Å². The number of carbonyl (C=O) groups is 1. The van der Waals surface area contributed by atoms with Crippen molar-refractivity contribution in [2.45, 2.75) is 20.0 Å². The summed E-state index contributed by atoms with van der Waals surface area (Å²) >= 11 is 3.32. The molecule has 0 saturated heterocycles. The van der Waals surface area contributed by atoms with E-state index in [1.165, 1.54) is 0 Å². The van der Waals surface area contributed by atoms with Gasteiger partial charge in [0.05, 0.1) is 6.10 Å². The number of likely N-dealkylation sites (N-methyl/N-ethyl adjacent to an activating group) is 1. The van der Waals surface area contributed by atoms with Crippen LogP contribution >= 0.6 is 15.9 Å². The molecule has 1 atom stereocenters. The first-order valence-corrected chi connectivity index (χ1v) is 6.21. The predicted octanol–water partition coefficient (Wildman–Crippen LogP) is 2.02. The van der Waals surface area contributed by atoms with Crippen molar-refractivity contribution in [1.82, 2.24) is 5.32 Å². The number of rotatable bonds is 5. The molecule has 1 aromatic carbocycles. The summed E-state index contributed by atoms with van der Waals surface area (Å²) in [4.78, 5) is 11.3. The molecule has 0 aliphatic heterocycles. The van der Waals surface area contributed by atoms with Gasteiger partial charge in [-0.1, -0.05) is 22.0 Å². The predicted molar refractivity (Wildman–Crippen MR) is 69.0 cm³/mol. The molecular weight excluding hydrogens is 286 g/mol. The first-order chi connectivity index (χ1) is 8.04. The number of nitrogens with one attached hydrogen (secondary N) is 1. The van der Waals surface area contributed by atoms with E-state index in [0.717, 1.165) is 4.47 Å². The van der Waals surface area contributed by atoms with Gasteiger partial charge in [-0.25, -0.2) is 0 Å². The van der Waals surface area contributed by atoms with Gasteiger partial charge in [-0.2, -0.15) is 0 Å². The van der Waals surface area contributed by atoms with Gasteiger partial charge >= 0.3 is 0 Å². The Kier molecular flexibility index (Phi) is 5.44. The highest BCUT2D eigenvalue weighted by Gasteiger charge is 2.11. The third-order valence-electron chi connectivity index (χ3n) is 2.16. The summed E-state index contributed by atoms with van der Waals surface area (Å²) in [7, 11) is 0. The molecule has 0 saturated carbocycles. The van der Waals surface area contributed by atoms with Crippen molar-refractivity contribution in [3.63, 3.8) is 0 Å². The fourth-order valence-electron chi connectivity index (χ4n) is 1.37. The molecule has 4 nitrogen and oxygen atoms in total. The maximum absolute atomic E-state index is 11.3. The quantitative estimate of drug-likeness (QED) is 0.875. The third kappa shape index (κ3) is 4.36. The Balaban J connectivity index is 2.75. The van der Waals surface area contributed by atoms with E-state index in [0.29, 0.717) is 17.9 Å². The fraction of sp³-hybridized carbons (Fsp3) is 0.417. The number of amides is 1. The molecule has 0 heterocycles. The van der Waals surface area contributed by atoms with Gasteiger partial charge in [-0.3, -0.25) is 4.79 Å². The van der Waals surface area contributed by atoms with Crippen LogP contribution < -0.4 is 10.1 Å². The summed E-state index contributed by atoms with van der Waals surface area (Å²) in [5.41, 5.74) is 0.664. The van der Waals surface area contributed by atoms with Crippen molar-refractivity contribution in [1.29, 1.82) is 0 Å². The molecule has 0 radical (unpaired) electrons. The zero-order valence-electron chi connectivity index (χ0n) is 9.87. The Morgan fingerprint density at radius 3 is 2.88 bits per heavy atom. The van der Waals surface area contributed by atoms with Crippen LogP contribution in [-0.4, -0.2) is 24.2 Å². The summed E-state index contributed by atoms with van der Waals surface area (Å²) in [5, 5.41) is 12.2. The average Bonchev–Trinajstić information content (AvgIpc) is 2.26. The van der Waals surface area contributed by atoms with Gasteiger partial charge < -0.3 is 15.2 Å². The number of hydrogen-bond donors (Lipinski definition) is 2. The summed E-state index contributed by atoms with van der Waals surface area (Å²) < 4.78 is 6.23. The molecule has 5 heteroatoms. The lowest BCUT2D eigenvalue weighted by molar-refractivity contribution is -0.123. The smallest absolute Gasteiger partial charge is 0.257 e. The van der Waals surface area contributed by atoms with Crippen LogP contribution in [0.5, 0.6) is 5.75 Å². The summed E-state index contributed by atoms with van der Waals surface area (Å²) in [6, 6.07) is 5.32. The molecule has 0 aromatic heterocycles. The Morgan fingerprint density at radius 1 is 1.59 bits per heavy atom. The molecule has 94 valence electrons. The maximum atomic E-state index is 11.3. The lowest BCUT2D eigenvalue weighted by Crippen LogP contribution is -2.28. The first kappa shape index (κ1) is 14.0. The highest BCUT2D eigenvalue weighted by Crippen LogP contribution is 2.28. The van der Waals surface area contributed by atoms with Crippen molar-refractivity contribution in [3.05, 3.63) is 28.2 Å². The van der Waals surface area contributed by atoms with Crippen molar-refractivity contribution in [3.8, 4) is 5.75 Å².